The molecule has 3 nitrogen and oxygen atoms in total. The van der Waals surface area contributed by atoms with Crippen molar-refractivity contribution >= 4 is 0 Å². The van der Waals surface area contributed by atoms with Gasteiger partial charge in [-0.15, -0.1) is 0 Å². The van der Waals surface area contributed by atoms with Gasteiger partial charge in [0.25, 0.3) is 0 Å². The molecule has 1 atom stereocenters. The number of hydrogen-bond acceptors (Lipinski definition) is 3. The van der Waals surface area contributed by atoms with Crippen molar-refractivity contribution < 1.29 is 9.47 Å². The monoisotopic (exact) mass is 376 g/mol. The van der Waals surface area contributed by atoms with Gasteiger partial charge in [0.2, 0.25) is 0 Å². The topological polar surface area (TPSA) is 21.7 Å². The summed E-state index contributed by atoms with van der Waals surface area (Å²) in [5.41, 5.74) is 2.24. The maximum Gasteiger partial charge on any atom is 0.124 e. The summed E-state index contributed by atoms with van der Waals surface area (Å²) < 4.78 is 11.6. The van der Waals surface area contributed by atoms with Gasteiger partial charge in [-0.2, -0.15) is 0 Å². The highest BCUT2D eigenvalue weighted by Crippen LogP contribution is 2.28. The molecule has 28 heavy (non-hydrogen) atoms. The van der Waals surface area contributed by atoms with Crippen LogP contribution in [0.15, 0.2) is 54.6 Å². The molecule has 1 heterocycles. The van der Waals surface area contributed by atoms with Gasteiger partial charge < -0.3 is 9.47 Å². The number of nitrogens with zero attached hydrogens (tertiary/aromatic N) is 1. The molecule has 1 fully saturated rings. The third kappa shape index (κ3) is 6.71. The summed E-state index contributed by atoms with van der Waals surface area (Å²) in [7, 11) is 0. The zero-order chi connectivity index (χ0) is 19.6. The fourth-order valence-corrected chi connectivity index (χ4v) is 3.25. The van der Waals surface area contributed by atoms with Crippen molar-refractivity contribution in [2.75, 3.05) is 32.8 Å². The summed E-state index contributed by atoms with van der Waals surface area (Å²) in [5, 5.41) is 0. The van der Waals surface area contributed by atoms with Crippen LogP contribution in [0.4, 0.5) is 0 Å². The normalized spacial score (nSPS) is 15.7. The predicted octanol–water partition coefficient (Wildman–Crippen LogP) is 4.88. The summed E-state index contributed by atoms with van der Waals surface area (Å²) >= 11 is 0. The van der Waals surface area contributed by atoms with E-state index < -0.39 is 0 Å². The second kappa shape index (κ2) is 10.9. The quantitative estimate of drug-likeness (QED) is 0.643. The van der Waals surface area contributed by atoms with Crippen molar-refractivity contribution in [2.24, 2.45) is 0 Å². The van der Waals surface area contributed by atoms with Crippen LogP contribution in [0, 0.1) is 17.8 Å². The summed E-state index contributed by atoms with van der Waals surface area (Å²) in [6.07, 6.45) is 1.82. The van der Waals surface area contributed by atoms with E-state index in [-0.39, 0.29) is 6.10 Å². The van der Waals surface area contributed by atoms with Crippen LogP contribution < -0.4 is 4.74 Å². The van der Waals surface area contributed by atoms with Crippen LogP contribution in [-0.4, -0.2) is 37.7 Å². The van der Waals surface area contributed by atoms with Gasteiger partial charge >= 0.3 is 0 Å². The minimum atomic E-state index is 0.0238. The van der Waals surface area contributed by atoms with E-state index in [0.29, 0.717) is 0 Å². The smallest absolute Gasteiger partial charge is 0.124 e. The summed E-state index contributed by atoms with van der Waals surface area (Å²) in [6.45, 7) is 9.05. The number of morpholine rings is 1. The molecule has 1 saturated heterocycles. The van der Waals surface area contributed by atoms with Gasteiger partial charge in [0.15, 0.2) is 0 Å². The molecule has 2 aromatic carbocycles. The van der Waals surface area contributed by atoms with E-state index in [1.54, 1.807) is 0 Å². The second-order valence-electron chi connectivity index (χ2n) is 7.46. The standard InChI is InChI=1S/C25H30NO2/c1-21(2)20-25(28-24-9-4-3-5-10-24)23-13-11-22(12-14-23)8-6-7-15-26-16-18-27-19-17-26/h3-5,9-14,25H,7,15-20H2,1-2H3. The summed E-state index contributed by atoms with van der Waals surface area (Å²) in [4.78, 5) is 2.41. The van der Waals surface area contributed by atoms with Crippen molar-refractivity contribution in [1.82, 2.24) is 4.90 Å². The van der Waals surface area contributed by atoms with Crippen molar-refractivity contribution in [2.45, 2.75) is 32.8 Å². The Bertz CT molecular complexity index is 753. The molecule has 0 bridgehead atoms. The number of benzene rings is 2. The minimum Gasteiger partial charge on any atom is -0.486 e. The van der Waals surface area contributed by atoms with Gasteiger partial charge in [-0.05, 0) is 42.2 Å². The van der Waals surface area contributed by atoms with Crippen LogP contribution in [0.1, 0.15) is 43.9 Å². The second-order valence-corrected chi connectivity index (χ2v) is 7.46. The van der Waals surface area contributed by atoms with E-state index in [2.05, 4.69) is 54.9 Å². The highest BCUT2D eigenvalue weighted by molar-refractivity contribution is 5.37. The largest absolute Gasteiger partial charge is 0.486 e. The molecule has 3 rings (SSSR count). The first-order valence-corrected chi connectivity index (χ1v) is 10.1. The molecule has 1 radical (unpaired) electrons. The SMILES string of the molecule is C[C](C)CC(Oc1ccccc1)c1ccc(C#CCCN2CCOCC2)cc1. The molecule has 1 aliphatic rings. The van der Waals surface area contributed by atoms with Gasteiger partial charge in [-0.25, -0.2) is 0 Å². The Hall–Kier alpha value is -2.28. The van der Waals surface area contributed by atoms with Gasteiger partial charge in [0.1, 0.15) is 11.9 Å². The average Bonchev–Trinajstić information content (AvgIpc) is 2.72. The van der Waals surface area contributed by atoms with E-state index in [4.69, 9.17) is 9.47 Å². The van der Waals surface area contributed by atoms with Crippen LogP contribution in [-0.2, 0) is 4.74 Å². The molecule has 1 aliphatic heterocycles. The molecule has 0 aliphatic carbocycles. The van der Waals surface area contributed by atoms with E-state index >= 15 is 0 Å². The number of para-hydroxylation sites is 1. The molecule has 1 unspecified atom stereocenters. The Labute approximate surface area is 169 Å². The van der Waals surface area contributed by atoms with Crippen LogP contribution >= 0.6 is 0 Å². The molecule has 0 spiro atoms. The molecule has 0 saturated carbocycles. The van der Waals surface area contributed by atoms with Gasteiger partial charge in [-0.3, -0.25) is 4.90 Å². The van der Waals surface area contributed by atoms with E-state index in [1.807, 2.05) is 30.3 Å². The maximum absolute atomic E-state index is 6.24. The lowest BCUT2D eigenvalue weighted by Gasteiger charge is -2.25. The molecule has 0 aromatic heterocycles. The van der Waals surface area contributed by atoms with E-state index in [1.165, 1.54) is 11.5 Å². The van der Waals surface area contributed by atoms with Crippen molar-refractivity contribution in [1.29, 1.82) is 0 Å². The first kappa shape index (κ1) is 20.5. The molecule has 3 heteroatoms. The minimum absolute atomic E-state index is 0.0238. The summed E-state index contributed by atoms with van der Waals surface area (Å²) in [5.74, 6) is 8.85. The lowest BCUT2D eigenvalue weighted by Crippen LogP contribution is -2.36. The highest BCUT2D eigenvalue weighted by Gasteiger charge is 2.15. The number of hydrogen-bond donors (Lipinski definition) is 0. The van der Waals surface area contributed by atoms with Crippen molar-refractivity contribution in [3.05, 3.63) is 71.6 Å². The van der Waals surface area contributed by atoms with E-state index in [9.17, 15) is 0 Å². The Kier molecular flexibility index (Phi) is 7.96. The highest BCUT2D eigenvalue weighted by atomic mass is 16.5. The van der Waals surface area contributed by atoms with Crippen LogP contribution in [0.25, 0.3) is 0 Å². The maximum atomic E-state index is 6.24. The third-order valence-corrected chi connectivity index (χ3v) is 4.79. The van der Waals surface area contributed by atoms with Gasteiger partial charge in [0.05, 0.1) is 13.2 Å². The van der Waals surface area contributed by atoms with Gasteiger partial charge in [0, 0.05) is 31.6 Å². The lowest BCUT2D eigenvalue weighted by atomic mass is 9.98. The molecule has 147 valence electrons. The molecule has 0 N–H and O–H groups in total. The molecule has 2 aromatic rings. The fourth-order valence-electron chi connectivity index (χ4n) is 3.25. The fraction of sp³-hybridized carbons (Fsp3) is 0.400. The van der Waals surface area contributed by atoms with Crippen LogP contribution in [0.5, 0.6) is 5.75 Å². The predicted molar refractivity (Wildman–Crippen MR) is 114 cm³/mol. The van der Waals surface area contributed by atoms with Crippen LogP contribution in [0.2, 0.25) is 0 Å². The third-order valence-electron chi connectivity index (χ3n) is 4.79. The van der Waals surface area contributed by atoms with Crippen molar-refractivity contribution in [3.8, 4) is 17.6 Å². The molecule has 0 amide bonds. The Morgan fingerprint density at radius 2 is 1.75 bits per heavy atom. The lowest BCUT2D eigenvalue weighted by molar-refractivity contribution is 0.0390. The first-order chi connectivity index (χ1) is 13.7. The first-order valence-electron chi connectivity index (χ1n) is 10.1. The number of ether oxygens (including phenoxy) is 2. The zero-order valence-corrected chi connectivity index (χ0v) is 17.0. The Morgan fingerprint density at radius 3 is 2.43 bits per heavy atom. The molecular weight excluding hydrogens is 346 g/mol. The average molecular weight is 377 g/mol. The van der Waals surface area contributed by atoms with Gasteiger partial charge in [-0.1, -0.05) is 56.0 Å². The Balaban J connectivity index is 1.58. The number of rotatable bonds is 7. The zero-order valence-electron chi connectivity index (χ0n) is 17.0. The van der Waals surface area contributed by atoms with E-state index in [0.717, 1.165) is 57.0 Å². The van der Waals surface area contributed by atoms with Crippen LogP contribution in [0.3, 0.4) is 0 Å². The molecular formula is C25H30NO2. The van der Waals surface area contributed by atoms with Crippen molar-refractivity contribution in [3.63, 3.8) is 0 Å². The Morgan fingerprint density at radius 1 is 1.04 bits per heavy atom. The summed E-state index contributed by atoms with van der Waals surface area (Å²) in [6, 6.07) is 18.5.